The Kier molecular flexibility index (Phi) is 4.85. The van der Waals surface area contributed by atoms with E-state index in [0.717, 1.165) is 11.3 Å². The molecule has 0 aliphatic rings. The number of nitro benzene ring substituents is 1. The van der Waals surface area contributed by atoms with E-state index in [1.807, 2.05) is 48.6 Å². The number of nitro groups is 1. The molecule has 146 valence electrons. The summed E-state index contributed by atoms with van der Waals surface area (Å²) in [7, 11) is 0. The average Bonchev–Trinajstić information content (AvgIpc) is 3.28. The van der Waals surface area contributed by atoms with Crippen molar-refractivity contribution in [3.05, 3.63) is 87.0 Å². The lowest BCUT2D eigenvalue weighted by molar-refractivity contribution is -0.384. The van der Waals surface area contributed by atoms with Gasteiger partial charge in [0, 0.05) is 29.6 Å². The van der Waals surface area contributed by atoms with Crippen molar-refractivity contribution in [1.82, 2.24) is 14.7 Å². The first-order valence-corrected chi connectivity index (χ1v) is 9.85. The summed E-state index contributed by atoms with van der Waals surface area (Å²) < 4.78 is 1.85. The van der Waals surface area contributed by atoms with Crippen LogP contribution in [-0.2, 0) is 0 Å². The number of aromatic nitrogens is 2. The van der Waals surface area contributed by atoms with E-state index in [4.69, 9.17) is 0 Å². The van der Waals surface area contributed by atoms with Crippen LogP contribution in [0, 0.1) is 17.0 Å². The van der Waals surface area contributed by atoms with E-state index in [2.05, 4.69) is 10.3 Å². The van der Waals surface area contributed by atoms with Gasteiger partial charge in [-0.2, -0.15) is 0 Å². The Morgan fingerprint density at radius 1 is 1.21 bits per heavy atom. The molecule has 1 amide bonds. The Labute approximate surface area is 170 Å². The molecule has 1 atom stereocenters. The van der Waals surface area contributed by atoms with Crippen molar-refractivity contribution in [2.45, 2.75) is 19.9 Å². The summed E-state index contributed by atoms with van der Waals surface area (Å²) in [5.41, 5.74) is 3.14. The van der Waals surface area contributed by atoms with E-state index in [-0.39, 0.29) is 17.6 Å². The van der Waals surface area contributed by atoms with E-state index < -0.39 is 4.92 Å². The molecular weight excluding hydrogens is 388 g/mol. The van der Waals surface area contributed by atoms with Crippen LogP contribution in [-0.4, -0.2) is 20.2 Å². The molecule has 7 nitrogen and oxygen atoms in total. The van der Waals surface area contributed by atoms with Crippen LogP contribution in [0.1, 0.15) is 33.9 Å². The predicted octanol–water partition coefficient (Wildman–Crippen LogP) is 4.77. The minimum atomic E-state index is -0.427. The minimum absolute atomic E-state index is 0.0190. The smallest absolute Gasteiger partial charge is 0.270 e. The first kappa shape index (κ1) is 18.8. The van der Waals surface area contributed by atoms with Gasteiger partial charge in [0.1, 0.15) is 4.88 Å². The maximum absolute atomic E-state index is 12.8. The number of aryl methyl sites for hydroxylation is 1. The highest BCUT2D eigenvalue weighted by Gasteiger charge is 2.20. The van der Waals surface area contributed by atoms with Gasteiger partial charge in [-0.25, -0.2) is 4.98 Å². The number of thiazole rings is 1. The molecule has 0 saturated heterocycles. The van der Waals surface area contributed by atoms with Gasteiger partial charge in [-0.15, -0.1) is 0 Å². The maximum Gasteiger partial charge on any atom is 0.270 e. The number of fused-ring (bicyclic) bond motifs is 1. The van der Waals surface area contributed by atoms with E-state index >= 15 is 0 Å². The number of nitrogens with one attached hydrogen (secondary N) is 1. The molecule has 0 aliphatic heterocycles. The Balaban J connectivity index is 1.61. The van der Waals surface area contributed by atoms with E-state index in [1.54, 1.807) is 18.3 Å². The van der Waals surface area contributed by atoms with Gasteiger partial charge in [0.2, 0.25) is 0 Å². The minimum Gasteiger partial charge on any atom is -0.345 e. The standard InChI is InChI=1S/C21H18N4O3S/c1-13(15-7-4-3-5-8-15)22-20(26)19-14(2)24-12-18(23-21(24)29-19)16-9-6-10-17(11-16)25(27)28/h3-13H,1-2H3,(H,22,26). The van der Waals surface area contributed by atoms with Gasteiger partial charge in [-0.1, -0.05) is 53.8 Å². The van der Waals surface area contributed by atoms with Gasteiger partial charge in [0.15, 0.2) is 4.96 Å². The molecule has 1 N–H and O–H groups in total. The van der Waals surface area contributed by atoms with Crippen LogP contribution in [0.2, 0.25) is 0 Å². The Hall–Kier alpha value is -3.52. The van der Waals surface area contributed by atoms with Crippen molar-refractivity contribution in [3.8, 4) is 11.3 Å². The zero-order chi connectivity index (χ0) is 20.5. The summed E-state index contributed by atoms with van der Waals surface area (Å²) in [6.45, 7) is 3.81. The molecule has 29 heavy (non-hydrogen) atoms. The molecule has 0 bridgehead atoms. The largest absolute Gasteiger partial charge is 0.345 e. The second-order valence-electron chi connectivity index (χ2n) is 6.71. The third kappa shape index (κ3) is 3.62. The lowest BCUT2D eigenvalue weighted by atomic mass is 10.1. The van der Waals surface area contributed by atoms with Gasteiger partial charge in [0.25, 0.3) is 11.6 Å². The third-order valence-electron chi connectivity index (χ3n) is 4.76. The zero-order valence-corrected chi connectivity index (χ0v) is 16.6. The number of carbonyl (C=O) groups is 1. The van der Waals surface area contributed by atoms with Crippen LogP contribution in [0.5, 0.6) is 0 Å². The zero-order valence-electron chi connectivity index (χ0n) is 15.8. The Bertz CT molecular complexity index is 1210. The molecule has 0 spiro atoms. The summed E-state index contributed by atoms with van der Waals surface area (Å²) in [5.74, 6) is -0.147. The quantitative estimate of drug-likeness (QED) is 0.382. The first-order valence-electron chi connectivity index (χ1n) is 9.03. The van der Waals surface area contributed by atoms with Crippen LogP contribution in [0.15, 0.2) is 60.8 Å². The number of nitrogens with zero attached hydrogens (tertiary/aromatic N) is 3. The van der Waals surface area contributed by atoms with Gasteiger partial charge in [-0.3, -0.25) is 19.3 Å². The van der Waals surface area contributed by atoms with Crippen molar-refractivity contribution < 1.29 is 9.72 Å². The second kappa shape index (κ2) is 7.48. The molecule has 2 aromatic carbocycles. The van der Waals surface area contributed by atoms with E-state index in [0.29, 0.717) is 21.1 Å². The maximum atomic E-state index is 12.8. The molecule has 2 aromatic heterocycles. The topological polar surface area (TPSA) is 89.5 Å². The highest BCUT2D eigenvalue weighted by Crippen LogP contribution is 2.29. The number of benzene rings is 2. The molecule has 0 aliphatic carbocycles. The summed E-state index contributed by atoms with van der Waals surface area (Å²) >= 11 is 1.30. The number of hydrogen-bond acceptors (Lipinski definition) is 5. The number of amides is 1. The van der Waals surface area contributed by atoms with Crippen LogP contribution in [0.25, 0.3) is 16.2 Å². The number of hydrogen-bond donors (Lipinski definition) is 1. The molecule has 0 fully saturated rings. The molecule has 8 heteroatoms. The van der Waals surface area contributed by atoms with Crippen molar-refractivity contribution >= 4 is 27.9 Å². The molecule has 0 radical (unpaired) electrons. The normalized spacial score (nSPS) is 12.1. The fraction of sp³-hybridized carbons (Fsp3) is 0.143. The van der Waals surface area contributed by atoms with Crippen molar-refractivity contribution in [3.63, 3.8) is 0 Å². The van der Waals surface area contributed by atoms with Crippen LogP contribution >= 0.6 is 11.3 Å². The molecular formula is C21H18N4O3S. The van der Waals surface area contributed by atoms with E-state index in [9.17, 15) is 14.9 Å². The van der Waals surface area contributed by atoms with Gasteiger partial charge in [-0.05, 0) is 19.4 Å². The first-order chi connectivity index (χ1) is 13.9. The number of imidazole rings is 1. The number of carbonyl (C=O) groups excluding carboxylic acids is 1. The summed E-state index contributed by atoms with van der Waals surface area (Å²) in [6.07, 6.45) is 1.80. The van der Waals surface area contributed by atoms with Gasteiger partial charge in [0.05, 0.1) is 16.7 Å². The summed E-state index contributed by atoms with van der Waals surface area (Å²) in [6, 6.07) is 16.0. The van der Waals surface area contributed by atoms with Crippen LogP contribution in [0.3, 0.4) is 0 Å². The van der Waals surface area contributed by atoms with Crippen LogP contribution in [0.4, 0.5) is 5.69 Å². The summed E-state index contributed by atoms with van der Waals surface area (Å²) in [4.78, 5) is 29.2. The lowest BCUT2D eigenvalue weighted by Crippen LogP contribution is -2.26. The molecule has 0 saturated carbocycles. The number of rotatable bonds is 5. The highest BCUT2D eigenvalue weighted by atomic mass is 32.1. The predicted molar refractivity (Wildman–Crippen MR) is 112 cm³/mol. The SMILES string of the molecule is Cc1c(C(=O)NC(C)c2ccccc2)sc2nc(-c3cccc([N+](=O)[O-])c3)cn12. The fourth-order valence-electron chi connectivity index (χ4n) is 3.17. The third-order valence-corrected chi connectivity index (χ3v) is 5.92. The van der Waals surface area contributed by atoms with Gasteiger partial charge >= 0.3 is 0 Å². The Morgan fingerprint density at radius 2 is 1.97 bits per heavy atom. The Morgan fingerprint density at radius 3 is 2.66 bits per heavy atom. The molecule has 4 rings (SSSR count). The van der Waals surface area contributed by atoms with Gasteiger partial charge < -0.3 is 5.32 Å². The summed E-state index contributed by atoms with van der Waals surface area (Å²) in [5, 5.41) is 14.0. The molecule has 1 unspecified atom stereocenters. The van der Waals surface area contributed by atoms with Crippen molar-refractivity contribution in [2.75, 3.05) is 0 Å². The van der Waals surface area contributed by atoms with Crippen molar-refractivity contribution in [1.29, 1.82) is 0 Å². The highest BCUT2D eigenvalue weighted by molar-refractivity contribution is 7.19. The van der Waals surface area contributed by atoms with Crippen LogP contribution < -0.4 is 5.32 Å². The average molecular weight is 406 g/mol. The monoisotopic (exact) mass is 406 g/mol. The van der Waals surface area contributed by atoms with Crippen molar-refractivity contribution in [2.24, 2.45) is 0 Å². The molecule has 2 heterocycles. The second-order valence-corrected chi connectivity index (χ2v) is 7.69. The fourth-order valence-corrected chi connectivity index (χ4v) is 4.18. The number of non-ortho nitro benzene ring substituents is 1. The molecule has 4 aromatic rings. The van der Waals surface area contributed by atoms with E-state index in [1.165, 1.54) is 23.5 Å². The lowest BCUT2D eigenvalue weighted by Gasteiger charge is -2.13.